The number of halogens is 1. The zero-order valence-electron chi connectivity index (χ0n) is 9.60. The van der Waals surface area contributed by atoms with Gasteiger partial charge in [0.25, 0.3) is 5.69 Å². The summed E-state index contributed by atoms with van der Waals surface area (Å²) < 4.78 is 0.858. The molecular formula is C11H15IN2O3. The van der Waals surface area contributed by atoms with Crippen LogP contribution >= 0.6 is 22.6 Å². The van der Waals surface area contributed by atoms with Crippen LogP contribution in [0, 0.1) is 13.7 Å². The summed E-state index contributed by atoms with van der Waals surface area (Å²) in [6.45, 7) is 3.74. The highest BCUT2D eigenvalue weighted by Crippen LogP contribution is 2.26. The van der Waals surface area contributed by atoms with E-state index < -0.39 is 4.92 Å². The van der Waals surface area contributed by atoms with Crippen LogP contribution in [0.3, 0.4) is 0 Å². The average Bonchev–Trinajstić information content (AvgIpc) is 2.31. The lowest BCUT2D eigenvalue weighted by atomic mass is 10.2. The summed E-state index contributed by atoms with van der Waals surface area (Å²) >= 11 is 2.10. The highest BCUT2D eigenvalue weighted by molar-refractivity contribution is 14.1. The third-order valence-electron chi connectivity index (χ3n) is 2.45. The number of nitro benzene ring substituents is 1. The Labute approximate surface area is 114 Å². The second kappa shape index (κ2) is 6.75. The smallest absolute Gasteiger partial charge is 0.270 e. The van der Waals surface area contributed by atoms with Crippen molar-refractivity contribution in [2.75, 3.05) is 24.6 Å². The van der Waals surface area contributed by atoms with E-state index in [9.17, 15) is 10.1 Å². The molecule has 0 saturated carbocycles. The Hall–Kier alpha value is -0.890. The van der Waals surface area contributed by atoms with Gasteiger partial charge in [-0.25, -0.2) is 0 Å². The van der Waals surface area contributed by atoms with Crippen LogP contribution in [0.5, 0.6) is 0 Å². The molecule has 0 aliphatic heterocycles. The molecule has 0 atom stereocenters. The maximum atomic E-state index is 10.6. The number of aliphatic hydroxyl groups excluding tert-OH is 1. The van der Waals surface area contributed by atoms with Crippen LogP contribution < -0.4 is 4.90 Å². The molecule has 0 heterocycles. The fourth-order valence-corrected chi connectivity index (χ4v) is 2.42. The Morgan fingerprint density at radius 3 is 2.71 bits per heavy atom. The van der Waals surface area contributed by atoms with Gasteiger partial charge in [-0.3, -0.25) is 10.1 Å². The van der Waals surface area contributed by atoms with E-state index in [4.69, 9.17) is 5.11 Å². The number of benzene rings is 1. The van der Waals surface area contributed by atoms with Gasteiger partial charge >= 0.3 is 0 Å². The molecular weight excluding hydrogens is 335 g/mol. The molecule has 0 radical (unpaired) electrons. The molecule has 17 heavy (non-hydrogen) atoms. The van der Waals surface area contributed by atoms with Crippen LogP contribution in [0.2, 0.25) is 0 Å². The minimum atomic E-state index is -0.393. The highest BCUT2D eigenvalue weighted by atomic mass is 127. The third kappa shape index (κ3) is 3.81. The van der Waals surface area contributed by atoms with Gasteiger partial charge in [-0.1, -0.05) is 0 Å². The molecule has 1 aromatic carbocycles. The van der Waals surface area contributed by atoms with E-state index in [2.05, 4.69) is 27.5 Å². The summed E-state index contributed by atoms with van der Waals surface area (Å²) in [7, 11) is 0. The van der Waals surface area contributed by atoms with Gasteiger partial charge in [0.05, 0.1) is 10.6 Å². The minimum absolute atomic E-state index is 0.108. The van der Waals surface area contributed by atoms with Gasteiger partial charge in [-0.05, 0) is 42.0 Å². The van der Waals surface area contributed by atoms with E-state index in [1.807, 2.05) is 6.92 Å². The summed E-state index contributed by atoms with van der Waals surface area (Å²) in [4.78, 5) is 12.3. The third-order valence-corrected chi connectivity index (χ3v) is 3.31. The molecule has 0 saturated heterocycles. The second-order valence-electron chi connectivity index (χ2n) is 3.55. The van der Waals surface area contributed by atoms with E-state index in [0.29, 0.717) is 6.42 Å². The van der Waals surface area contributed by atoms with Crippen molar-refractivity contribution in [3.63, 3.8) is 0 Å². The summed E-state index contributed by atoms with van der Waals surface area (Å²) in [5.41, 5.74) is 1.09. The lowest BCUT2D eigenvalue weighted by Crippen LogP contribution is -2.25. The van der Waals surface area contributed by atoms with E-state index in [0.717, 1.165) is 22.3 Å². The van der Waals surface area contributed by atoms with Gasteiger partial charge in [-0.15, -0.1) is 0 Å². The Morgan fingerprint density at radius 1 is 1.53 bits per heavy atom. The predicted octanol–water partition coefficient (Wildman–Crippen LogP) is 2.41. The number of nitrogens with zero attached hydrogens (tertiary/aromatic N) is 2. The molecule has 1 N–H and O–H groups in total. The quantitative estimate of drug-likeness (QED) is 0.486. The first-order chi connectivity index (χ1) is 8.10. The van der Waals surface area contributed by atoms with Gasteiger partial charge in [0, 0.05) is 35.4 Å². The lowest BCUT2D eigenvalue weighted by Gasteiger charge is -2.23. The van der Waals surface area contributed by atoms with Crippen molar-refractivity contribution in [2.24, 2.45) is 0 Å². The number of anilines is 1. The number of aliphatic hydroxyl groups is 1. The first kappa shape index (κ1) is 14.2. The summed E-state index contributed by atoms with van der Waals surface area (Å²) in [6, 6.07) is 4.84. The van der Waals surface area contributed by atoms with E-state index in [1.54, 1.807) is 12.1 Å². The average molecular weight is 350 g/mol. The molecule has 0 unspecified atom stereocenters. The zero-order chi connectivity index (χ0) is 12.8. The molecule has 0 aliphatic rings. The zero-order valence-corrected chi connectivity index (χ0v) is 11.8. The van der Waals surface area contributed by atoms with Crippen LogP contribution in [0.15, 0.2) is 18.2 Å². The molecule has 6 heteroatoms. The van der Waals surface area contributed by atoms with Gasteiger partial charge in [0.15, 0.2) is 0 Å². The Kier molecular flexibility index (Phi) is 5.63. The van der Waals surface area contributed by atoms with E-state index in [-0.39, 0.29) is 12.3 Å². The largest absolute Gasteiger partial charge is 0.396 e. The summed E-state index contributed by atoms with van der Waals surface area (Å²) in [5, 5.41) is 19.5. The first-order valence-corrected chi connectivity index (χ1v) is 6.47. The van der Waals surface area contributed by atoms with Gasteiger partial charge < -0.3 is 10.0 Å². The summed E-state index contributed by atoms with van der Waals surface area (Å²) in [5.74, 6) is 0. The second-order valence-corrected chi connectivity index (χ2v) is 4.71. The first-order valence-electron chi connectivity index (χ1n) is 5.40. The van der Waals surface area contributed by atoms with Gasteiger partial charge in [0.2, 0.25) is 0 Å². The molecule has 0 aromatic heterocycles. The molecule has 1 rings (SSSR count). The van der Waals surface area contributed by atoms with Gasteiger partial charge in [0.1, 0.15) is 0 Å². The van der Waals surface area contributed by atoms with Crippen LogP contribution in [0.4, 0.5) is 11.4 Å². The maximum absolute atomic E-state index is 10.6. The molecule has 1 aromatic rings. The maximum Gasteiger partial charge on any atom is 0.270 e. The fraction of sp³-hybridized carbons (Fsp3) is 0.455. The Bertz CT molecular complexity index is 398. The molecule has 0 amide bonds. The molecule has 5 nitrogen and oxygen atoms in total. The Morgan fingerprint density at radius 2 is 2.24 bits per heavy atom. The van der Waals surface area contributed by atoms with Crippen molar-refractivity contribution in [1.82, 2.24) is 0 Å². The lowest BCUT2D eigenvalue weighted by molar-refractivity contribution is -0.384. The molecule has 94 valence electrons. The van der Waals surface area contributed by atoms with Crippen LogP contribution in [-0.4, -0.2) is 29.7 Å². The topological polar surface area (TPSA) is 66.6 Å². The van der Waals surface area contributed by atoms with Crippen molar-refractivity contribution in [1.29, 1.82) is 0 Å². The number of hydrogen-bond donors (Lipinski definition) is 1. The minimum Gasteiger partial charge on any atom is -0.396 e. The standard InChI is InChI=1S/C11H15IN2O3/c1-2-13(6-3-7-15)11-5-4-9(14(16)17)8-10(11)12/h4-5,8,15H,2-3,6-7H2,1H3. The van der Waals surface area contributed by atoms with Crippen molar-refractivity contribution in [3.05, 3.63) is 31.9 Å². The fourth-order valence-electron chi connectivity index (χ4n) is 1.58. The van der Waals surface area contributed by atoms with Crippen molar-refractivity contribution >= 4 is 34.0 Å². The number of nitro groups is 1. The molecule has 0 aliphatic carbocycles. The van der Waals surface area contributed by atoms with E-state index in [1.165, 1.54) is 6.07 Å². The van der Waals surface area contributed by atoms with Gasteiger partial charge in [-0.2, -0.15) is 0 Å². The number of non-ortho nitro benzene ring substituents is 1. The normalized spacial score (nSPS) is 10.3. The monoisotopic (exact) mass is 350 g/mol. The SMILES string of the molecule is CCN(CCCO)c1ccc([N+](=O)[O-])cc1I. The number of hydrogen-bond acceptors (Lipinski definition) is 4. The van der Waals surface area contributed by atoms with Crippen molar-refractivity contribution in [3.8, 4) is 0 Å². The van der Waals surface area contributed by atoms with E-state index >= 15 is 0 Å². The predicted molar refractivity (Wildman–Crippen MR) is 75.4 cm³/mol. The van der Waals surface area contributed by atoms with Crippen molar-refractivity contribution < 1.29 is 10.0 Å². The van der Waals surface area contributed by atoms with Crippen molar-refractivity contribution in [2.45, 2.75) is 13.3 Å². The molecule has 0 fully saturated rings. The van der Waals surface area contributed by atoms with Crippen LogP contribution in [-0.2, 0) is 0 Å². The molecule has 0 bridgehead atoms. The van der Waals surface area contributed by atoms with Crippen LogP contribution in [0.1, 0.15) is 13.3 Å². The van der Waals surface area contributed by atoms with Crippen LogP contribution in [0.25, 0.3) is 0 Å². The molecule has 0 spiro atoms. The highest BCUT2D eigenvalue weighted by Gasteiger charge is 2.12. The number of rotatable bonds is 6. The summed E-state index contributed by atoms with van der Waals surface area (Å²) in [6.07, 6.45) is 0.695. The Balaban J connectivity index is 2.92.